The van der Waals surface area contributed by atoms with Crippen LogP contribution in [0.4, 0.5) is 5.69 Å². The van der Waals surface area contributed by atoms with E-state index in [9.17, 15) is 0 Å². The molecule has 21 heavy (non-hydrogen) atoms. The number of hydrogen-bond acceptors (Lipinski definition) is 4. The Balaban J connectivity index is 2.21. The van der Waals surface area contributed by atoms with Crippen LogP contribution in [-0.4, -0.2) is 21.3 Å². The second-order valence-electron chi connectivity index (χ2n) is 4.88. The summed E-state index contributed by atoms with van der Waals surface area (Å²) in [7, 11) is 5.40. The highest BCUT2D eigenvalue weighted by Crippen LogP contribution is 2.28. The van der Waals surface area contributed by atoms with E-state index in [1.807, 2.05) is 43.4 Å². The molecule has 2 aromatic carbocycles. The number of nitrogens with zero attached hydrogens (tertiary/aromatic N) is 1. The van der Waals surface area contributed by atoms with Crippen LogP contribution in [0.1, 0.15) is 11.1 Å². The minimum atomic E-state index is 0.478. The summed E-state index contributed by atoms with van der Waals surface area (Å²) in [4.78, 5) is 2.15. The summed E-state index contributed by atoms with van der Waals surface area (Å²) in [6.45, 7) is 1.24. The molecule has 0 amide bonds. The van der Waals surface area contributed by atoms with E-state index in [2.05, 4.69) is 11.0 Å². The predicted molar refractivity (Wildman–Crippen MR) is 86.0 cm³/mol. The van der Waals surface area contributed by atoms with Crippen LogP contribution in [-0.2, 0) is 13.1 Å². The predicted octanol–water partition coefficient (Wildman–Crippen LogP) is 2.80. The Kier molecular flexibility index (Phi) is 5.06. The lowest BCUT2D eigenvalue weighted by Crippen LogP contribution is -2.17. The SMILES string of the molecule is COc1cc(CN(C)c2ccccc2OC)ccc1CN. The first-order chi connectivity index (χ1) is 10.2. The monoisotopic (exact) mass is 286 g/mol. The quantitative estimate of drug-likeness (QED) is 0.887. The van der Waals surface area contributed by atoms with Crippen molar-refractivity contribution in [3.63, 3.8) is 0 Å². The number of nitrogens with two attached hydrogens (primary N) is 1. The van der Waals surface area contributed by atoms with Crippen molar-refractivity contribution in [1.82, 2.24) is 0 Å². The lowest BCUT2D eigenvalue weighted by atomic mass is 10.1. The molecular weight excluding hydrogens is 264 g/mol. The molecule has 0 spiro atoms. The Labute approximate surface area is 126 Å². The molecule has 0 radical (unpaired) electrons. The molecule has 4 nitrogen and oxygen atoms in total. The number of anilines is 1. The second-order valence-corrected chi connectivity index (χ2v) is 4.88. The Bertz CT molecular complexity index is 599. The summed E-state index contributed by atoms with van der Waals surface area (Å²) >= 11 is 0. The van der Waals surface area contributed by atoms with Gasteiger partial charge in [-0.05, 0) is 23.8 Å². The number of rotatable bonds is 6. The average molecular weight is 286 g/mol. The Morgan fingerprint density at radius 3 is 2.38 bits per heavy atom. The number of para-hydroxylation sites is 2. The van der Waals surface area contributed by atoms with Crippen molar-refractivity contribution in [2.75, 3.05) is 26.2 Å². The van der Waals surface area contributed by atoms with Crippen molar-refractivity contribution in [2.24, 2.45) is 5.73 Å². The summed E-state index contributed by atoms with van der Waals surface area (Å²) in [6, 6.07) is 14.1. The van der Waals surface area contributed by atoms with Crippen molar-refractivity contribution >= 4 is 5.69 Å². The van der Waals surface area contributed by atoms with Crippen molar-refractivity contribution in [3.05, 3.63) is 53.6 Å². The van der Waals surface area contributed by atoms with Crippen LogP contribution in [0.25, 0.3) is 0 Å². The van der Waals surface area contributed by atoms with Crippen LogP contribution in [0.3, 0.4) is 0 Å². The minimum absolute atomic E-state index is 0.478. The minimum Gasteiger partial charge on any atom is -0.496 e. The van der Waals surface area contributed by atoms with E-state index in [1.54, 1.807) is 14.2 Å². The van der Waals surface area contributed by atoms with Gasteiger partial charge in [-0.1, -0.05) is 24.3 Å². The molecule has 0 saturated carbocycles. The summed E-state index contributed by atoms with van der Waals surface area (Å²) in [5, 5.41) is 0. The third-order valence-electron chi connectivity index (χ3n) is 3.49. The fourth-order valence-electron chi connectivity index (χ4n) is 2.36. The third kappa shape index (κ3) is 3.47. The number of methoxy groups -OCH3 is 2. The van der Waals surface area contributed by atoms with E-state index in [4.69, 9.17) is 15.2 Å². The highest BCUT2D eigenvalue weighted by atomic mass is 16.5. The van der Waals surface area contributed by atoms with Crippen molar-refractivity contribution in [3.8, 4) is 11.5 Å². The van der Waals surface area contributed by atoms with E-state index in [0.29, 0.717) is 6.54 Å². The van der Waals surface area contributed by atoms with Crippen molar-refractivity contribution < 1.29 is 9.47 Å². The van der Waals surface area contributed by atoms with Gasteiger partial charge in [0.15, 0.2) is 0 Å². The van der Waals surface area contributed by atoms with Gasteiger partial charge in [-0.25, -0.2) is 0 Å². The highest BCUT2D eigenvalue weighted by molar-refractivity contribution is 5.58. The van der Waals surface area contributed by atoms with Crippen LogP contribution >= 0.6 is 0 Å². The van der Waals surface area contributed by atoms with Gasteiger partial charge in [0.25, 0.3) is 0 Å². The van der Waals surface area contributed by atoms with Crippen LogP contribution < -0.4 is 20.1 Å². The van der Waals surface area contributed by atoms with Crippen LogP contribution in [0.15, 0.2) is 42.5 Å². The molecule has 0 unspecified atom stereocenters. The number of hydrogen-bond donors (Lipinski definition) is 1. The van der Waals surface area contributed by atoms with Gasteiger partial charge in [0.2, 0.25) is 0 Å². The Morgan fingerprint density at radius 1 is 1.00 bits per heavy atom. The summed E-state index contributed by atoms with van der Waals surface area (Å²) in [6.07, 6.45) is 0. The van der Waals surface area contributed by atoms with Crippen molar-refractivity contribution in [1.29, 1.82) is 0 Å². The lowest BCUT2D eigenvalue weighted by molar-refractivity contribution is 0.409. The third-order valence-corrected chi connectivity index (χ3v) is 3.49. The van der Waals surface area contributed by atoms with E-state index in [1.165, 1.54) is 0 Å². The Hall–Kier alpha value is -2.20. The molecule has 0 heterocycles. The van der Waals surface area contributed by atoms with Gasteiger partial charge in [0.1, 0.15) is 11.5 Å². The Morgan fingerprint density at radius 2 is 1.71 bits per heavy atom. The average Bonchev–Trinajstić information content (AvgIpc) is 2.54. The van der Waals surface area contributed by atoms with Gasteiger partial charge in [-0.3, -0.25) is 0 Å². The molecule has 0 aliphatic carbocycles. The van der Waals surface area contributed by atoms with Crippen molar-refractivity contribution in [2.45, 2.75) is 13.1 Å². The molecule has 0 saturated heterocycles. The van der Waals surface area contributed by atoms with E-state index >= 15 is 0 Å². The smallest absolute Gasteiger partial charge is 0.142 e. The second kappa shape index (κ2) is 6.99. The normalized spacial score (nSPS) is 10.3. The summed E-state index contributed by atoms with van der Waals surface area (Å²) < 4.78 is 10.8. The van der Waals surface area contributed by atoms with Gasteiger partial charge in [0.05, 0.1) is 19.9 Å². The molecule has 2 aromatic rings. The van der Waals surface area contributed by atoms with E-state index < -0.39 is 0 Å². The van der Waals surface area contributed by atoms with Crippen LogP contribution in [0, 0.1) is 0 Å². The molecule has 2 rings (SSSR count). The summed E-state index contributed by atoms with van der Waals surface area (Å²) in [5.74, 6) is 1.70. The molecule has 0 atom stereocenters. The standard InChI is InChI=1S/C17H22N2O2/c1-19(15-6-4-5-7-16(15)20-2)12-13-8-9-14(11-18)17(10-13)21-3/h4-10H,11-12,18H2,1-3H3. The maximum absolute atomic E-state index is 5.70. The first-order valence-electron chi connectivity index (χ1n) is 6.89. The molecule has 0 aliphatic rings. The topological polar surface area (TPSA) is 47.7 Å². The van der Waals surface area contributed by atoms with E-state index in [0.717, 1.165) is 34.9 Å². The largest absolute Gasteiger partial charge is 0.496 e. The maximum Gasteiger partial charge on any atom is 0.142 e. The van der Waals surface area contributed by atoms with Gasteiger partial charge in [-0.2, -0.15) is 0 Å². The number of benzene rings is 2. The van der Waals surface area contributed by atoms with Gasteiger partial charge in [-0.15, -0.1) is 0 Å². The van der Waals surface area contributed by atoms with Gasteiger partial charge < -0.3 is 20.1 Å². The summed E-state index contributed by atoms with van der Waals surface area (Å²) in [5.41, 5.74) is 8.94. The van der Waals surface area contributed by atoms with E-state index in [-0.39, 0.29) is 0 Å². The van der Waals surface area contributed by atoms with Gasteiger partial charge in [0, 0.05) is 25.7 Å². The fraction of sp³-hybridized carbons (Fsp3) is 0.294. The first-order valence-corrected chi connectivity index (χ1v) is 6.89. The molecule has 0 fully saturated rings. The van der Waals surface area contributed by atoms with Gasteiger partial charge >= 0.3 is 0 Å². The highest BCUT2D eigenvalue weighted by Gasteiger charge is 2.09. The zero-order valence-corrected chi connectivity index (χ0v) is 12.8. The molecule has 2 N–H and O–H groups in total. The first kappa shape index (κ1) is 15.2. The molecule has 0 aliphatic heterocycles. The number of ether oxygens (including phenoxy) is 2. The molecular formula is C17H22N2O2. The molecule has 0 bridgehead atoms. The molecule has 112 valence electrons. The molecule has 0 aromatic heterocycles. The zero-order chi connectivity index (χ0) is 15.2. The lowest BCUT2D eigenvalue weighted by Gasteiger charge is -2.22. The fourth-order valence-corrected chi connectivity index (χ4v) is 2.36. The van der Waals surface area contributed by atoms with Crippen LogP contribution in [0.5, 0.6) is 11.5 Å². The zero-order valence-electron chi connectivity index (χ0n) is 12.8. The molecule has 4 heteroatoms. The maximum atomic E-state index is 5.70. The van der Waals surface area contributed by atoms with Crippen LogP contribution in [0.2, 0.25) is 0 Å².